The zero-order valence-corrected chi connectivity index (χ0v) is 12.8. The van der Waals surface area contributed by atoms with Crippen LogP contribution in [0.25, 0.3) is 0 Å². The van der Waals surface area contributed by atoms with Crippen molar-refractivity contribution in [1.82, 2.24) is 0 Å². The Hall–Kier alpha value is -2.62. The van der Waals surface area contributed by atoms with Gasteiger partial charge in [0.25, 0.3) is 0 Å². The van der Waals surface area contributed by atoms with Crippen LogP contribution >= 0.6 is 0 Å². The normalized spacial score (nSPS) is 10.3. The zero-order valence-electron chi connectivity index (χ0n) is 12.8. The predicted molar refractivity (Wildman–Crippen MR) is 84.8 cm³/mol. The fourth-order valence-corrected chi connectivity index (χ4v) is 2.26. The number of aryl methyl sites for hydroxylation is 3. The molecule has 2 aromatic carbocycles. The van der Waals surface area contributed by atoms with Crippen molar-refractivity contribution in [2.24, 2.45) is 5.73 Å². The van der Waals surface area contributed by atoms with Crippen molar-refractivity contribution in [1.29, 1.82) is 0 Å². The van der Waals surface area contributed by atoms with Crippen LogP contribution in [-0.2, 0) is 11.2 Å². The van der Waals surface area contributed by atoms with Crippen LogP contribution in [0, 0.1) is 13.8 Å². The summed E-state index contributed by atoms with van der Waals surface area (Å²) < 4.78 is 5.24. The van der Waals surface area contributed by atoms with E-state index in [9.17, 15) is 9.59 Å². The smallest absolute Gasteiger partial charge is 0.311 e. The van der Waals surface area contributed by atoms with E-state index in [-0.39, 0.29) is 12.4 Å². The van der Waals surface area contributed by atoms with Gasteiger partial charge < -0.3 is 10.5 Å². The lowest BCUT2D eigenvalue weighted by molar-refractivity contribution is -0.134. The van der Waals surface area contributed by atoms with Crippen LogP contribution in [-0.4, -0.2) is 11.9 Å². The van der Waals surface area contributed by atoms with Crippen LogP contribution in [0.3, 0.4) is 0 Å². The van der Waals surface area contributed by atoms with Crippen molar-refractivity contribution in [2.45, 2.75) is 26.7 Å². The molecule has 0 aliphatic heterocycles. The molecule has 4 heteroatoms. The fourth-order valence-electron chi connectivity index (χ4n) is 2.26. The summed E-state index contributed by atoms with van der Waals surface area (Å²) in [4.78, 5) is 23.0. The van der Waals surface area contributed by atoms with Crippen molar-refractivity contribution in [3.63, 3.8) is 0 Å². The van der Waals surface area contributed by atoms with Gasteiger partial charge in [-0.3, -0.25) is 9.59 Å². The van der Waals surface area contributed by atoms with Gasteiger partial charge in [-0.2, -0.15) is 0 Å². The molecule has 22 heavy (non-hydrogen) atoms. The molecule has 0 aliphatic rings. The van der Waals surface area contributed by atoms with Gasteiger partial charge >= 0.3 is 5.97 Å². The summed E-state index contributed by atoms with van der Waals surface area (Å²) in [6, 6.07) is 12.5. The van der Waals surface area contributed by atoms with E-state index >= 15 is 0 Å². The first-order valence-electron chi connectivity index (χ1n) is 7.12. The maximum Gasteiger partial charge on any atom is 0.311 e. The molecule has 0 atom stereocenters. The summed E-state index contributed by atoms with van der Waals surface area (Å²) in [5.74, 6) is -0.545. The molecule has 0 aromatic heterocycles. The topological polar surface area (TPSA) is 69.4 Å². The van der Waals surface area contributed by atoms with Crippen molar-refractivity contribution >= 4 is 11.9 Å². The number of nitrogens with two attached hydrogens (primary N) is 1. The monoisotopic (exact) mass is 297 g/mol. The summed E-state index contributed by atoms with van der Waals surface area (Å²) in [5.41, 5.74) is 9.02. The van der Waals surface area contributed by atoms with Crippen LogP contribution in [0.1, 0.15) is 33.5 Å². The van der Waals surface area contributed by atoms with E-state index in [0.29, 0.717) is 17.7 Å². The van der Waals surface area contributed by atoms with Crippen LogP contribution in [0.2, 0.25) is 0 Å². The Labute approximate surface area is 129 Å². The van der Waals surface area contributed by atoms with E-state index in [1.807, 2.05) is 26.0 Å². The van der Waals surface area contributed by atoms with Crippen LogP contribution in [0.4, 0.5) is 0 Å². The van der Waals surface area contributed by atoms with Gasteiger partial charge in [0, 0.05) is 12.0 Å². The van der Waals surface area contributed by atoms with E-state index in [0.717, 1.165) is 5.56 Å². The highest BCUT2D eigenvalue weighted by atomic mass is 16.5. The number of amides is 1. The first-order valence-corrected chi connectivity index (χ1v) is 7.12. The number of hydrogen-bond donors (Lipinski definition) is 1. The van der Waals surface area contributed by atoms with Gasteiger partial charge in [-0.25, -0.2) is 0 Å². The fraction of sp³-hybridized carbons (Fsp3) is 0.222. The van der Waals surface area contributed by atoms with Crippen molar-refractivity contribution in [3.05, 3.63) is 64.7 Å². The maximum absolute atomic E-state index is 11.9. The molecule has 4 nitrogen and oxygen atoms in total. The number of carbonyl (C=O) groups excluding carboxylic acids is 2. The molecule has 2 aromatic rings. The Morgan fingerprint density at radius 2 is 1.86 bits per heavy atom. The van der Waals surface area contributed by atoms with Gasteiger partial charge in [-0.15, -0.1) is 0 Å². The summed E-state index contributed by atoms with van der Waals surface area (Å²) in [6.07, 6.45) is 0.908. The quantitative estimate of drug-likeness (QED) is 0.681. The van der Waals surface area contributed by atoms with E-state index in [4.69, 9.17) is 10.5 Å². The third-order valence-electron chi connectivity index (χ3n) is 3.45. The average molecular weight is 297 g/mol. The second-order valence-corrected chi connectivity index (χ2v) is 5.30. The van der Waals surface area contributed by atoms with Crippen molar-refractivity contribution in [2.75, 3.05) is 0 Å². The van der Waals surface area contributed by atoms with E-state index < -0.39 is 5.91 Å². The molecule has 0 saturated carbocycles. The highest BCUT2D eigenvalue weighted by Crippen LogP contribution is 2.16. The Kier molecular flexibility index (Phi) is 4.94. The number of ether oxygens (including phenoxy) is 1. The molecule has 0 fully saturated rings. The molecule has 0 spiro atoms. The molecule has 0 heterocycles. The van der Waals surface area contributed by atoms with Crippen molar-refractivity contribution in [3.8, 4) is 5.75 Å². The number of hydrogen-bond acceptors (Lipinski definition) is 3. The van der Waals surface area contributed by atoms with Crippen molar-refractivity contribution < 1.29 is 14.3 Å². The lowest BCUT2D eigenvalue weighted by Gasteiger charge is -2.08. The second-order valence-electron chi connectivity index (χ2n) is 5.30. The van der Waals surface area contributed by atoms with Crippen LogP contribution < -0.4 is 10.5 Å². The maximum atomic E-state index is 11.9. The predicted octanol–water partition coefficient (Wildman–Crippen LogP) is 2.94. The molecule has 1 amide bonds. The highest BCUT2D eigenvalue weighted by Gasteiger charge is 2.09. The molecule has 2 N–H and O–H groups in total. The van der Waals surface area contributed by atoms with Gasteiger partial charge in [-0.05, 0) is 49.6 Å². The number of benzene rings is 2. The molecule has 0 radical (unpaired) electrons. The Morgan fingerprint density at radius 3 is 2.55 bits per heavy atom. The minimum atomic E-state index is -0.548. The number of carbonyl (C=O) groups is 2. The molecule has 0 saturated heterocycles. The molecular weight excluding hydrogens is 278 g/mol. The van der Waals surface area contributed by atoms with Gasteiger partial charge in [0.1, 0.15) is 5.75 Å². The summed E-state index contributed by atoms with van der Waals surface area (Å²) in [7, 11) is 0. The van der Waals surface area contributed by atoms with Gasteiger partial charge in [0.15, 0.2) is 0 Å². The Morgan fingerprint density at radius 1 is 1.09 bits per heavy atom. The van der Waals surface area contributed by atoms with Gasteiger partial charge in [-0.1, -0.05) is 29.8 Å². The molecule has 0 unspecified atom stereocenters. The summed E-state index contributed by atoms with van der Waals surface area (Å²) in [6.45, 7) is 4.07. The van der Waals surface area contributed by atoms with E-state index in [1.165, 1.54) is 17.2 Å². The third-order valence-corrected chi connectivity index (χ3v) is 3.45. The largest absolute Gasteiger partial charge is 0.426 e. The first kappa shape index (κ1) is 15.8. The number of rotatable bonds is 5. The van der Waals surface area contributed by atoms with E-state index in [1.54, 1.807) is 18.2 Å². The second kappa shape index (κ2) is 6.89. The first-order chi connectivity index (χ1) is 10.5. The summed E-state index contributed by atoms with van der Waals surface area (Å²) >= 11 is 0. The zero-order chi connectivity index (χ0) is 16.1. The van der Waals surface area contributed by atoms with Crippen LogP contribution in [0.5, 0.6) is 5.75 Å². The SMILES string of the molecule is Cc1ccc(CCC(=O)Oc2cccc(C(N)=O)c2)c(C)c1. The Balaban J connectivity index is 1.95. The molecule has 0 bridgehead atoms. The molecular formula is C18H19NO3. The summed E-state index contributed by atoms with van der Waals surface area (Å²) in [5, 5.41) is 0. The minimum Gasteiger partial charge on any atom is -0.426 e. The Bertz CT molecular complexity index is 707. The molecule has 2 rings (SSSR count). The lowest BCUT2D eigenvalue weighted by atomic mass is 10.0. The lowest BCUT2D eigenvalue weighted by Crippen LogP contribution is -2.12. The third kappa shape index (κ3) is 4.19. The minimum absolute atomic E-state index is 0.282. The van der Waals surface area contributed by atoms with Gasteiger partial charge in [0.2, 0.25) is 5.91 Å². The average Bonchev–Trinajstić information content (AvgIpc) is 2.46. The highest BCUT2D eigenvalue weighted by molar-refractivity contribution is 5.93. The molecule has 0 aliphatic carbocycles. The number of primary amides is 1. The molecule has 114 valence electrons. The van der Waals surface area contributed by atoms with Crippen LogP contribution in [0.15, 0.2) is 42.5 Å². The standard InChI is InChI=1S/C18H19NO3/c1-12-6-7-14(13(2)10-12)8-9-17(20)22-16-5-3-4-15(11-16)18(19)21/h3-7,10-11H,8-9H2,1-2H3,(H2,19,21). The number of esters is 1. The van der Waals surface area contributed by atoms with E-state index in [2.05, 4.69) is 6.07 Å². The van der Waals surface area contributed by atoms with Gasteiger partial charge in [0.05, 0.1) is 0 Å².